The van der Waals surface area contributed by atoms with Crippen molar-refractivity contribution >= 4 is 158 Å². The first-order valence-electron chi connectivity index (χ1n) is 38.9. The van der Waals surface area contributed by atoms with Crippen LogP contribution in [0.2, 0.25) is 0 Å². The molecule has 0 saturated carbocycles. The van der Waals surface area contributed by atoms with Gasteiger partial charge in [0.2, 0.25) is 11.9 Å². The molecular formula is C105H64N8O2S. The highest BCUT2D eigenvalue weighted by Crippen LogP contribution is 2.50. The third-order valence-corrected chi connectivity index (χ3v) is 23.8. The van der Waals surface area contributed by atoms with Gasteiger partial charge >= 0.3 is 0 Å². The Morgan fingerprint density at radius 1 is 0.250 bits per heavy atom. The van der Waals surface area contributed by atoms with E-state index < -0.39 is 0 Å². The van der Waals surface area contributed by atoms with E-state index in [2.05, 4.69) is 323 Å². The summed E-state index contributed by atoms with van der Waals surface area (Å²) >= 11 is 1.75. The Labute approximate surface area is 668 Å². The van der Waals surface area contributed by atoms with Crippen LogP contribution in [0, 0.1) is 0 Å². The third-order valence-electron chi connectivity index (χ3n) is 22.6. The van der Waals surface area contributed by atoms with Crippen LogP contribution in [0.15, 0.2) is 397 Å². The normalized spacial score (nSPS) is 11.8. The minimum atomic E-state index is 0.529. The first kappa shape index (κ1) is 66.4. The summed E-state index contributed by atoms with van der Waals surface area (Å²) < 4.78 is 20.9. The number of benzene rings is 17. The fourth-order valence-electron chi connectivity index (χ4n) is 17.4. The summed E-state index contributed by atoms with van der Waals surface area (Å²) in [5, 5.41) is 14.3. The smallest absolute Gasteiger partial charge is 0.238 e. The highest BCUT2D eigenvalue weighted by atomic mass is 32.1. The van der Waals surface area contributed by atoms with Gasteiger partial charge in [-0.05, 0) is 146 Å². The molecule has 0 aliphatic carbocycles. The number of fused-ring (bicyclic) bond motifs is 21. The summed E-state index contributed by atoms with van der Waals surface area (Å²) in [6.07, 6.45) is 0. The fourth-order valence-corrected chi connectivity index (χ4v) is 18.6. The van der Waals surface area contributed by atoms with E-state index in [9.17, 15) is 0 Å². The van der Waals surface area contributed by atoms with E-state index in [4.69, 9.17) is 33.8 Å². The van der Waals surface area contributed by atoms with Crippen LogP contribution in [0.3, 0.4) is 0 Å². The van der Waals surface area contributed by atoms with Crippen molar-refractivity contribution in [3.05, 3.63) is 388 Å². The van der Waals surface area contributed by atoms with Gasteiger partial charge in [-0.1, -0.05) is 291 Å². The Morgan fingerprint density at radius 2 is 0.647 bits per heavy atom. The maximum Gasteiger partial charge on any atom is 0.238 e. The lowest BCUT2D eigenvalue weighted by molar-refractivity contribution is 0.672. The number of rotatable bonds is 11. The predicted molar refractivity (Wildman–Crippen MR) is 480 cm³/mol. The Bertz CT molecular complexity index is 7890. The van der Waals surface area contributed by atoms with Crippen LogP contribution in [0.25, 0.3) is 209 Å². The number of hydrogen-bond acceptors (Lipinski definition) is 9. The van der Waals surface area contributed by atoms with Crippen molar-refractivity contribution in [1.29, 1.82) is 0 Å². The van der Waals surface area contributed by atoms with Crippen LogP contribution in [-0.4, -0.2) is 34.1 Å². The fraction of sp³-hybridized carbons (Fsp3) is 0. The second-order valence-electron chi connectivity index (χ2n) is 29.3. The lowest BCUT2D eigenvalue weighted by atomic mass is 9.94. The van der Waals surface area contributed by atoms with Gasteiger partial charge in [-0.25, -0.2) is 15.0 Å². The van der Waals surface area contributed by atoms with E-state index >= 15 is 0 Å². The number of hydrogen-bond donors (Lipinski definition) is 0. The number of nitrogens with zero attached hydrogens (tertiary/aromatic N) is 8. The maximum absolute atomic E-state index is 7.14. The van der Waals surface area contributed by atoms with Crippen molar-refractivity contribution in [2.24, 2.45) is 0 Å². The molecule has 24 rings (SSSR count). The van der Waals surface area contributed by atoms with Gasteiger partial charge in [0.05, 0.1) is 48.7 Å². The summed E-state index contributed by atoms with van der Waals surface area (Å²) in [5.74, 6) is 2.36. The molecule has 542 valence electrons. The van der Waals surface area contributed by atoms with Crippen LogP contribution in [0.1, 0.15) is 0 Å². The standard InChI is InChI=1S/C55H35N5O.C50H29N3OS/c1-6-18-36(19-7-1)46-35-48-50(44-29-17-16-28-42(44)46)51-47(60(48)55-57-53(37-20-8-2-9-21-37)56-54(58-55)38-22-10-3-11-23-38)33-32-45-43-31-30-41(34-49(43)61-52(45)51)59(39-24-12-4-13-25-39)40-26-14-5-15-27-40;1-4-14-30(15-5-1)33-24-25-35-37-26-27-40-45(48(37)54-42(35)28-33)44-36-21-11-10-20-34(36)39(31-16-6-2-7-17-31)29-41(44)53(40)50-51-46(32-18-8-3-9-19-32)49-47(52-50)38-22-12-13-23-43(38)55-49/h1-35H;1-29H. The molecule has 0 amide bonds. The van der Waals surface area contributed by atoms with E-state index in [0.717, 1.165) is 192 Å². The van der Waals surface area contributed by atoms with Gasteiger partial charge in [0, 0.05) is 82.2 Å². The third kappa shape index (κ3) is 10.9. The van der Waals surface area contributed by atoms with Gasteiger partial charge in [0.1, 0.15) is 22.3 Å². The molecule has 0 unspecified atom stereocenters. The topological polar surface area (TPSA) is 104 Å². The predicted octanol–water partition coefficient (Wildman–Crippen LogP) is 28.5. The van der Waals surface area contributed by atoms with E-state index in [1.54, 1.807) is 11.3 Å². The van der Waals surface area contributed by atoms with Gasteiger partial charge < -0.3 is 13.7 Å². The largest absolute Gasteiger partial charge is 0.455 e. The molecule has 0 N–H and O–H groups in total. The number of para-hydroxylation sites is 2. The van der Waals surface area contributed by atoms with Gasteiger partial charge in [-0.3, -0.25) is 9.13 Å². The van der Waals surface area contributed by atoms with Gasteiger partial charge in [0.25, 0.3) is 0 Å². The van der Waals surface area contributed by atoms with E-state index in [1.807, 2.05) is 78.9 Å². The molecule has 0 aliphatic heterocycles. The molecule has 24 aromatic rings. The molecule has 17 aromatic carbocycles. The molecule has 0 spiro atoms. The lowest BCUT2D eigenvalue weighted by Crippen LogP contribution is -2.09. The number of furan rings is 2. The minimum absolute atomic E-state index is 0.529. The van der Waals surface area contributed by atoms with Crippen molar-refractivity contribution < 1.29 is 8.83 Å². The quantitative estimate of drug-likeness (QED) is 0.126. The van der Waals surface area contributed by atoms with Crippen LogP contribution in [0.5, 0.6) is 0 Å². The van der Waals surface area contributed by atoms with E-state index in [1.165, 1.54) is 10.1 Å². The molecule has 0 saturated heterocycles. The molecular weight excluding hydrogens is 1440 g/mol. The molecule has 0 fully saturated rings. The monoisotopic (exact) mass is 1500 g/mol. The van der Waals surface area contributed by atoms with Crippen LogP contribution in [0.4, 0.5) is 17.1 Å². The Morgan fingerprint density at radius 3 is 1.15 bits per heavy atom. The molecule has 11 heteroatoms. The summed E-state index contributed by atoms with van der Waals surface area (Å²) in [6, 6.07) is 136. The molecule has 116 heavy (non-hydrogen) atoms. The Hall–Kier alpha value is -15.4. The van der Waals surface area contributed by atoms with Crippen molar-refractivity contribution in [3.63, 3.8) is 0 Å². The second kappa shape index (κ2) is 27.2. The van der Waals surface area contributed by atoms with Crippen LogP contribution in [-0.2, 0) is 0 Å². The summed E-state index contributed by atoms with van der Waals surface area (Å²) in [5.41, 5.74) is 22.1. The molecule has 0 atom stereocenters. The van der Waals surface area contributed by atoms with E-state index in [0.29, 0.717) is 23.5 Å². The minimum Gasteiger partial charge on any atom is -0.455 e. The average Bonchev–Trinajstić information content (AvgIpc) is 1.54. The maximum atomic E-state index is 7.14. The zero-order valence-electron chi connectivity index (χ0n) is 62.3. The Balaban J connectivity index is 0.000000137. The highest BCUT2D eigenvalue weighted by molar-refractivity contribution is 7.26. The molecule has 7 heterocycles. The van der Waals surface area contributed by atoms with Gasteiger partial charge in [-0.15, -0.1) is 11.3 Å². The highest BCUT2D eigenvalue weighted by Gasteiger charge is 2.29. The van der Waals surface area contributed by atoms with E-state index in [-0.39, 0.29) is 0 Å². The second-order valence-corrected chi connectivity index (χ2v) is 30.4. The van der Waals surface area contributed by atoms with Gasteiger partial charge in [0.15, 0.2) is 11.6 Å². The first-order chi connectivity index (χ1) is 57.5. The SMILES string of the molecule is c1ccc(-c2ccc3c(c2)oc2c3ccc3c2c2c4ccccc4c(-c4ccccc4)cc2n3-c2nc(-c3ccccc3)c3sc4ccccc4c3n2)cc1.c1ccc(-c2nc(-c3ccccc3)nc(-n3c4cc(-c5ccccc5)c5ccccc5c4c4c5oc6cc(N(c7ccccc7)c7ccccc7)ccc6c5ccc43)n2)cc1. The summed E-state index contributed by atoms with van der Waals surface area (Å²) in [6.45, 7) is 0. The zero-order chi connectivity index (χ0) is 76.3. The number of aromatic nitrogens is 7. The molecule has 0 radical (unpaired) electrons. The average molecular weight is 1500 g/mol. The van der Waals surface area contributed by atoms with Crippen molar-refractivity contribution in [1.82, 2.24) is 34.1 Å². The molecule has 0 bridgehead atoms. The molecule has 10 nitrogen and oxygen atoms in total. The summed E-state index contributed by atoms with van der Waals surface area (Å²) in [4.78, 5) is 28.8. The van der Waals surface area contributed by atoms with Crippen LogP contribution < -0.4 is 4.90 Å². The van der Waals surface area contributed by atoms with Crippen molar-refractivity contribution in [2.75, 3.05) is 4.90 Å². The summed E-state index contributed by atoms with van der Waals surface area (Å²) in [7, 11) is 0. The number of thiophene rings is 1. The molecule has 0 aliphatic rings. The van der Waals surface area contributed by atoms with Crippen molar-refractivity contribution in [3.8, 4) is 79.3 Å². The van der Waals surface area contributed by atoms with Gasteiger partial charge in [-0.2, -0.15) is 9.97 Å². The molecule has 7 aromatic heterocycles. The lowest BCUT2D eigenvalue weighted by Gasteiger charge is -2.25. The number of anilines is 3. The van der Waals surface area contributed by atoms with Crippen LogP contribution >= 0.6 is 11.3 Å². The zero-order valence-corrected chi connectivity index (χ0v) is 63.1. The first-order valence-corrected chi connectivity index (χ1v) is 39.8. The van der Waals surface area contributed by atoms with Crippen molar-refractivity contribution in [2.45, 2.75) is 0 Å². The Kier molecular flexibility index (Phi) is 15.6.